The molecule has 0 aromatic heterocycles. The Morgan fingerprint density at radius 2 is 2.05 bits per heavy atom. The van der Waals surface area contributed by atoms with E-state index < -0.39 is 0 Å². The molecule has 0 bridgehead atoms. The maximum atomic E-state index is 12.5. The van der Waals surface area contributed by atoms with Crippen LogP contribution >= 0.6 is 0 Å². The third-order valence-electron chi connectivity index (χ3n) is 5.19. The second kappa shape index (κ2) is 3.94. The van der Waals surface area contributed by atoms with Gasteiger partial charge in [0.1, 0.15) is 6.17 Å². The van der Waals surface area contributed by atoms with Gasteiger partial charge in [-0.2, -0.15) is 0 Å². The monoisotopic (exact) mass is 276 g/mol. The van der Waals surface area contributed by atoms with Crippen LogP contribution in [0.5, 0.6) is 0 Å². The van der Waals surface area contributed by atoms with Gasteiger partial charge in [-0.15, -0.1) is 0 Å². The van der Waals surface area contributed by atoms with Crippen molar-refractivity contribution in [2.45, 2.75) is 12.6 Å². The zero-order valence-electron chi connectivity index (χ0n) is 11.6. The van der Waals surface area contributed by atoms with E-state index in [0.717, 1.165) is 29.9 Å². The fourth-order valence-corrected chi connectivity index (χ4v) is 4.26. The standard InChI is InChI=1S/C18H16N2O/c21-15-9-8-11-5-3-7-14-16(11)17(15)20-10-12-4-1-2-6-13(12)18(20)19-14/h1-6,8-9,11-13,18H,7,10H2. The highest BCUT2D eigenvalue weighted by molar-refractivity contribution is 6.15. The summed E-state index contributed by atoms with van der Waals surface area (Å²) in [6.07, 6.45) is 17.8. The van der Waals surface area contributed by atoms with Crippen molar-refractivity contribution in [1.82, 2.24) is 4.90 Å². The van der Waals surface area contributed by atoms with E-state index in [-0.39, 0.29) is 17.9 Å². The Labute approximate surface area is 123 Å². The van der Waals surface area contributed by atoms with Gasteiger partial charge in [0, 0.05) is 42.0 Å². The molecule has 21 heavy (non-hydrogen) atoms. The van der Waals surface area contributed by atoms with Gasteiger partial charge in [-0.3, -0.25) is 9.79 Å². The van der Waals surface area contributed by atoms with E-state index in [4.69, 9.17) is 4.99 Å². The predicted octanol–water partition coefficient (Wildman–Crippen LogP) is 2.41. The molecular weight excluding hydrogens is 260 g/mol. The lowest BCUT2D eigenvalue weighted by molar-refractivity contribution is -0.113. The first kappa shape index (κ1) is 11.5. The van der Waals surface area contributed by atoms with E-state index in [0.29, 0.717) is 11.8 Å². The van der Waals surface area contributed by atoms with Gasteiger partial charge in [0.25, 0.3) is 0 Å². The topological polar surface area (TPSA) is 32.7 Å². The lowest BCUT2D eigenvalue weighted by atomic mass is 9.80. The number of rotatable bonds is 0. The molecule has 5 aliphatic rings. The molecule has 0 radical (unpaired) electrons. The van der Waals surface area contributed by atoms with Gasteiger partial charge in [-0.05, 0) is 6.08 Å². The molecule has 3 heteroatoms. The summed E-state index contributed by atoms with van der Waals surface area (Å²) in [4.78, 5) is 19.8. The van der Waals surface area contributed by atoms with Gasteiger partial charge >= 0.3 is 0 Å². The number of allylic oxidation sites excluding steroid dienone is 7. The third kappa shape index (κ3) is 1.44. The summed E-state index contributed by atoms with van der Waals surface area (Å²) >= 11 is 0. The van der Waals surface area contributed by atoms with Gasteiger partial charge in [0.2, 0.25) is 5.78 Å². The van der Waals surface area contributed by atoms with Crippen LogP contribution in [-0.2, 0) is 4.79 Å². The molecule has 5 rings (SSSR count). The Bertz CT molecular complexity index is 720. The Kier molecular flexibility index (Phi) is 2.16. The van der Waals surface area contributed by atoms with Gasteiger partial charge in [0.05, 0.1) is 5.70 Å². The van der Waals surface area contributed by atoms with Crippen molar-refractivity contribution in [1.29, 1.82) is 0 Å². The molecular formula is C18H16N2O. The zero-order chi connectivity index (χ0) is 14.0. The second-order valence-electron chi connectivity index (χ2n) is 6.30. The molecule has 0 saturated carbocycles. The first-order chi connectivity index (χ1) is 10.3. The maximum absolute atomic E-state index is 12.5. The molecule has 3 aliphatic carbocycles. The quantitative estimate of drug-likeness (QED) is 0.636. The van der Waals surface area contributed by atoms with Crippen molar-refractivity contribution in [2.24, 2.45) is 22.7 Å². The van der Waals surface area contributed by atoms with Gasteiger partial charge in [0.15, 0.2) is 0 Å². The first-order valence-electron chi connectivity index (χ1n) is 7.65. The Hall–Kier alpha value is -2.16. The molecule has 0 aromatic rings. The number of carbonyl (C=O) groups is 1. The molecule has 0 amide bonds. The van der Waals surface area contributed by atoms with Crippen LogP contribution in [0.3, 0.4) is 0 Å². The molecule has 0 aromatic carbocycles. The highest BCUT2D eigenvalue weighted by atomic mass is 16.1. The van der Waals surface area contributed by atoms with Gasteiger partial charge in [-0.1, -0.05) is 42.5 Å². The average molecular weight is 276 g/mol. The van der Waals surface area contributed by atoms with Crippen molar-refractivity contribution in [3.63, 3.8) is 0 Å². The third-order valence-corrected chi connectivity index (χ3v) is 5.19. The van der Waals surface area contributed by atoms with E-state index >= 15 is 0 Å². The van der Waals surface area contributed by atoms with E-state index in [2.05, 4.69) is 41.4 Å². The normalized spacial score (nSPS) is 38.4. The smallest absolute Gasteiger partial charge is 0.202 e. The minimum Gasteiger partial charge on any atom is -0.345 e. The highest BCUT2D eigenvalue weighted by Crippen LogP contribution is 2.44. The molecule has 2 heterocycles. The molecule has 4 unspecified atom stereocenters. The number of carbonyl (C=O) groups excluding carboxylic acids is 1. The average Bonchev–Trinajstić information content (AvgIpc) is 2.88. The number of nitrogens with zero attached hydrogens (tertiary/aromatic N) is 2. The molecule has 104 valence electrons. The molecule has 1 fully saturated rings. The van der Waals surface area contributed by atoms with Crippen molar-refractivity contribution >= 4 is 11.5 Å². The second-order valence-corrected chi connectivity index (χ2v) is 6.30. The number of hydrogen-bond donors (Lipinski definition) is 0. The highest BCUT2D eigenvalue weighted by Gasteiger charge is 2.47. The molecule has 4 atom stereocenters. The predicted molar refractivity (Wildman–Crippen MR) is 81.6 cm³/mol. The number of hydrogen-bond acceptors (Lipinski definition) is 3. The number of aliphatic imine (C=N–C) groups is 1. The van der Waals surface area contributed by atoms with Crippen molar-refractivity contribution in [3.05, 3.63) is 59.9 Å². The maximum Gasteiger partial charge on any atom is 0.202 e. The Morgan fingerprint density at radius 1 is 1.14 bits per heavy atom. The summed E-state index contributed by atoms with van der Waals surface area (Å²) in [5, 5.41) is 0. The summed E-state index contributed by atoms with van der Waals surface area (Å²) < 4.78 is 0. The lowest BCUT2D eigenvalue weighted by Crippen LogP contribution is -2.42. The molecule has 2 aliphatic heterocycles. The summed E-state index contributed by atoms with van der Waals surface area (Å²) in [5.74, 6) is 1.27. The summed E-state index contributed by atoms with van der Waals surface area (Å²) in [6, 6.07) is 0. The fraction of sp³-hybridized carbons (Fsp3) is 0.333. The lowest BCUT2D eigenvalue weighted by Gasteiger charge is -2.38. The summed E-state index contributed by atoms with van der Waals surface area (Å²) in [5.41, 5.74) is 3.20. The van der Waals surface area contributed by atoms with Crippen LogP contribution in [0.2, 0.25) is 0 Å². The SMILES string of the molecule is O=C1C=CC2C=CCC3=NC4C5C=CC=CC5CN4C1=C32. The van der Waals surface area contributed by atoms with E-state index in [9.17, 15) is 4.79 Å². The van der Waals surface area contributed by atoms with Crippen LogP contribution in [0.1, 0.15) is 6.42 Å². The number of fused-ring (bicyclic) bond motifs is 4. The fourth-order valence-electron chi connectivity index (χ4n) is 4.26. The van der Waals surface area contributed by atoms with Crippen LogP contribution in [0.15, 0.2) is 64.9 Å². The Morgan fingerprint density at radius 3 is 3.00 bits per heavy atom. The van der Waals surface area contributed by atoms with Crippen molar-refractivity contribution in [3.8, 4) is 0 Å². The van der Waals surface area contributed by atoms with Crippen LogP contribution in [0, 0.1) is 17.8 Å². The van der Waals surface area contributed by atoms with E-state index in [1.165, 1.54) is 0 Å². The van der Waals surface area contributed by atoms with Gasteiger partial charge in [-0.25, -0.2) is 0 Å². The molecule has 0 spiro atoms. The zero-order valence-corrected chi connectivity index (χ0v) is 11.6. The van der Waals surface area contributed by atoms with E-state index in [1.54, 1.807) is 6.08 Å². The Balaban J connectivity index is 1.68. The molecule has 0 N–H and O–H groups in total. The minimum absolute atomic E-state index is 0.104. The summed E-state index contributed by atoms with van der Waals surface area (Å²) in [6.45, 7) is 0.905. The van der Waals surface area contributed by atoms with Crippen LogP contribution in [0.25, 0.3) is 0 Å². The molecule has 3 nitrogen and oxygen atoms in total. The molecule has 1 saturated heterocycles. The van der Waals surface area contributed by atoms with Crippen molar-refractivity contribution in [2.75, 3.05) is 6.54 Å². The van der Waals surface area contributed by atoms with Crippen molar-refractivity contribution < 1.29 is 4.79 Å². The largest absolute Gasteiger partial charge is 0.345 e. The van der Waals surface area contributed by atoms with Crippen LogP contribution < -0.4 is 0 Å². The number of ketones is 1. The minimum atomic E-state index is 0.104. The first-order valence-corrected chi connectivity index (χ1v) is 7.65. The van der Waals surface area contributed by atoms with E-state index in [1.807, 2.05) is 6.08 Å². The summed E-state index contributed by atoms with van der Waals surface area (Å²) in [7, 11) is 0. The van der Waals surface area contributed by atoms with Gasteiger partial charge < -0.3 is 4.90 Å². The van der Waals surface area contributed by atoms with Crippen LogP contribution in [0.4, 0.5) is 0 Å². The van der Waals surface area contributed by atoms with Crippen LogP contribution in [-0.4, -0.2) is 29.1 Å².